The van der Waals surface area contributed by atoms with Crippen molar-refractivity contribution in [1.29, 1.82) is 0 Å². The van der Waals surface area contributed by atoms with E-state index >= 15 is 0 Å². The molecule has 0 atom stereocenters. The molecule has 0 fully saturated rings. The van der Waals surface area contributed by atoms with Gasteiger partial charge in [-0.15, -0.1) is 0 Å². The highest BCUT2D eigenvalue weighted by molar-refractivity contribution is 5.47. The molecule has 2 heterocycles. The Balaban J connectivity index is 1.79. The van der Waals surface area contributed by atoms with Crippen LogP contribution in [0.15, 0.2) is 42.7 Å². The van der Waals surface area contributed by atoms with Crippen LogP contribution in [0.1, 0.15) is 16.8 Å². The van der Waals surface area contributed by atoms with Gasteiger partial charge in [0, 0.05) is 12.4 Å². The smallest absolute Gasteiger partial charge is 0.146 e. The van der Waals surface area contributed by atoms with E-state index in [2.05, 4.69) is 10.3 Å². The van der Waals surface area contributed by atoms with Gasteiger partial charge in [0.25, 0.3) is 0 Å². The molecule has 102 valence electrons. The van der Waals surface area contributed by atoms with Gasteiger partial charge in [-0.25, -0.2) is 9.37 Å². The van der Waals surface area contributed by atoms with Gasteiger partial charge < -0.3 is 9.72 Å². The summed E-state index contributed by atoms with van der Waals surface area (Å²) in [5.74, 6) is -0.232. The van der Waals surface area contributed by atoms with Crippen LogP contribution < -0.4 is 5.32 Å². The van der Waals surface area contributed by atoms with Crippen LogP contribution in [0, 0.1) is 19.7 Å². The molecule has 0 bridgehead atoms. The van der Waals surface area contributed by atoms with Crippen LogP contribution in [-0.4, -0.2) is 9.38 Å². The Bertz CT molecular complexity index is 762. The first-order chi connectivity index (χ1) is 9.61. The highest BCUT2D eigenvalue weighted by Gasteiger charge is 2.04. The molecule has 0 aliphatic carbocycles. The maximum Gasteiger partial charge on any atom is 0.146 e. The van der Waals surface area contributed by atoms with Crippen molar-refractivity contribution in [3.05, 3.63) is 65.4 Å². The second-order valence-electron chi connectivity index (χ2n) is 5.04. The summed E-state index contributed by atoms with van der Waals surface area (Å²) in [7, 11) is 0. The lowest BCUT2D eigenvalue weighted by atomic mass is 10.2. The number of anilines is 1. The van der Waals surface area contributed by atoms with Crippen molar-refractivity contribution in [2.24, 2.45) is 0 Å². The van der Waals surface area contributed by atoms with Crippen LogP contribution in [0.5, 0.6) is 0 Å². The van der Waals surface area contributed by atoms with Crippen molar-refractivity contribution in [3.63, 3.8) is 0 Å². The molecular formula is C16H16FN3. The molecule has 0 saturated heterocycles. The average molecular weight is 269 g/mol. The van der Waals surface area contributed by atoms with Crippen LogP contribution in [0.2, 0.25) is 0 Å². The zero-order valence-electron chi connectivity index (χ0n) is 11.5. The molecule has 20 heavy (non-hydrogen) atoms. The van der Waals surface area contributed by atoms with E-state index in [1.54, 1.807) is 6.07 Å². The molecule has 2 aromatic heterocycles. The number of halogens is 1. The van der Waals surface area contributed by atoms with E-state index in [9.17, 15) is 4.39 Å². The lowest BCUT2D eigenvalue weighted by molar-refractivity contribution is 0.629. The monoisotopic (exact) mass is 269 g/mol. The molecular weight excluding hydrogens is 253 g/mol. The Hall–Kier alpha value is -2.36. The number of nitrogens with one attached hydrogen (secondary N) is 1. The second-order valence-corrected chi connectivity index (χ2v) is 5.04. The molecule has 4 heteroatoms. The maximum atomic E-state index is 13.7. The number of fused-ring (bicyclic) bond motifs is 1. The second kappa shape index (κ2) is 4.96. The van der Waals surface area contributed by atoms with E-state index in [4.69, 9.17) is 0 Å². The predicted molar refractivity (Wildman–Crippen MR) is 78.4 cm³/mol. The van der Waals surface area contributed by atoms with E-state index in [0.717, 1.165) is 16.9 Å². The molecule has 0 aliphatic rings. The minimum Gasteiger partial charge on any atom is -0.377 e. The maximum absolute atomic E-state index is 13.7. The molecule has 0 spiro atoms. The summed E-state index contributed by atoms with van der Waals surface area (Å²) in [5.41, 5.74) is 4.38. The summed E-state index contributed by atoms with van der Waals surface area (Å²) in [4.78, 5) is 4.49. The summed E-state index contributed by atoms with van der Waals surface area (Å²) in [5, 5.41) is 3.08. The fourth-order valence-electron chi connectivity index (χ4n) is 2.19. The molecule has 1 aromatic carbocycles. The number of benzene rings is 1. The van der Waals surface area contributed by atoms with Crippen molar-refractivity contribution in [1.82, 2.24) is 9.38 Å². The van der Waals surface area contributed by atoms with Gasteiger partial charge in [-0.3, -0.25) is 0 Å². The number of pyridine rings is 1. The first-order valence-electron chi connectivity index (χ1n) is 6.56. The minimum atomic E-state index is -0.232. The van der Waals surface area contributed by atoms with Crippen molar-refractivity contribution in [2.45, 2.75) is 20.4 Å². The average Bonchev–Trinajstić information content (AvgIpc) is 2.79. The number of hydrogen-bond donors (Lipinski definition) is 1. The normalized spacial score (nSPS) is 10.9. The van der Waals surface area contributed by atoms with Crippen molar-refractivity contribution >= 4 is 11.3 Å². The summed E-state index contributed by atoms with van der Waals surface area (Å²) >= 11 is 0. The van der Waals surface area contributed by atoms with Gasteiger partial charge in [0.2, 0.25) is 0 Å². The van der Waals surface area contributed by atoms with Gasteiger partial charge in [0.05, 0.1) is 17.9 Å². The van der Waals surface area contributed by atoms with Gasteiger partial charge in [0.1, 0.15) is 11.5 Å². The first-order valence-corrected chi connectivity index (χ1v) is 6.56. The number of aromatic nitrogens is 2. The lowest BCUT2D eigenvalue weighted by Gasteiger charge is -2.06. The standard InChI is InChI=1S/C16H16FN3/c1-11-3-5-15(14(17)7-11)18-8-13-10-20-9-12(2)4-6-16(20)19-13/h3-7,9-10,18H,8H2,1-2H3. The van der Waals surface area contributed by atoms with Crippen LogP contribution >= 0.6 is 0 Å². The Kier molecular flexibility index (Phi) is 3.14. The third kappa shape index (κ3) is 2.50. The van der Waals surface area contributed by atoms with Crippen LogP contribution in [0.25, 0.3) is 5.65 Å². The van der Waals surface area contributed by atoms with Crippen LogP contribution in [0.4, 0.5) is 10.1 Å². The molecule has 3 rings (SSSR count). The first kappa shape index (κ1) is 12.7. The van der Waals surface area contributed by atoms with E-state index in [1.807, 2.05) is 48.8 Å². The summed E-state index contributed by atoms with van der Waals surface area (Å²) < 4.78 is 15.7. The van der Waals surface area contributed by atoms with Gasteiger partial charge in [-0.05, 0) is 43.2 Å². The molecule has 0 radical (unpaired) electrons. The Morgan fingerprint density at radius 1 is 1.10 bits per heavy atom. The molecule has 0 amide bonds. The van der Waals surface area contributed by atoms with E-state index in [-0.39, 0.29) is 5.82 Å². The fourth-order valence-corrected chi connectivity index (χ4v) is 2.19. The number of imidazole rings is 1. The Labute approximate surface area is 117 Å². The van der Waals surface area contributed by atoms with Crippen molar-refractivity contribution in [2.75, 3.05) is 5.32 Å². The quantitative estimate of drug-likeness (QED) is 0.785. The van der Waals surface area contributed by atoms with Gasteiger partial charge >= 0.3 is 0 Å². The van der Waals surface area contributed by atoms with Crippen LogP contribution in [-0.2, 0) is 6.54 Å². The SMILES string of the molecule is Cc1ccc(NCc2cn3cc(C)ccc3n2)c(F)c1. The third-order valence-corrected chi connectivity index (χ3v) is 3.23. The molecule has 0 saturated carbocycles. The topological polar surface area (TPSA) is 29.3 Å². The van der Waals surface area contributed by atoms with Gasteiger partial charge in [0.15, 0.2) is 0 Å². The Morgan fingerprint density at radius 3 is 2.70 bits per heavy atom. The summed E-state index contributed by atoms with van der Waals surface area (Å²) in [6.07, 6.45) is 3.99. The minimum absolute atomic E-state index is 0.232. The molecule has 1 N–H and O–H groups in total. The molecule has 0 unspecified atom stereocenters. The number of nitrogens with zero attached hydrogens (tertiary/aromatic N) is 2. The number of rotatable bonds is 3. The van der Waals surface area contributed by atoms with E-state index < -0.39 is 0 Å². The number of aryl methyl sites for hydroxylation is 2. The zero-order chi connectivity index (χ0) is 14.1. The fraction of sp³-hybridized carbons (Fsp3) is 0.188. The van der Waals surface area contributed by atoms with Gasteiger partial charge in [-0.1, -0.05) is 12.1 Å². The third-order valence-electron chi connectivity index (χ3n) is 3.23. The van der Waals surface area contributed by atoms with E-state index in [0.29, 0.717) is 12.2 Å². The van der Waals surface area contributed by atoms with E-state index in [1.165, 1.54) is 11.6 Å². The molecule has 3 aromatic rings. The highest BCUT2D eigenvalue weighted by atomic mass is 19.1. The zero-order valence-corrected chi connectivity index (χ0v) is 11.5. The van der Waals surface area contributed by atoms with Crippen LogP contribution in [0.3, 0.4) is 0 Å². The summed E-state index contributed by atoms with van der Waals surface area (Å²) in [6, 6.07) is 9.17. The lowest BCUT2D eigenvalue weighted by Crippen LogP contribution is -2.01. The highest BCUT2D eigenvalue weighted by Crippen LogP contribution is 2.16. The molecule has 3 nitrogen and oxygen atoms in total. The predicted octanol–water partition coefficient (Wildman–Crippen LogP) is 3.70. The van der Waals surface area contributed by atoms with Crippen molar-refractivity contribution < 1.29 is 4.39 Å². The Morgan fingerprint density at radius 2 is 1.90 bits per heavy atom. The van der Waals surface area contributed by atoms with Gasteiger partial charge in [-0.2, -0.15) is 0 Å². The largest absolute Gasteiger partial charge is 0.377 e. The van der Waals surface area contributed by atoms with Crippen molar-refractivity contribution in [3.8, 4) is 0 Å². The summed E-state index contributed by atoms with van der Waals surface area (Å²) in [6.45, 7) is 4.41. The number of hydrogen-bond acceptors (Lipinski definition) is 2. The molecule has 0 aliphatic heterocycles.